The fourth-order valence-electron chi connectivity index (χ4n) is 2.97. The average molecular weight is 350 g/mol. The summed E-state index contributed by atoms with van der Waals surface area (Å²) in [4.78, 5) is 18.6. The van der Waals surface area contributed by atoms with Crippen LogP contribution in [0.5, 0.6) is 0 Å². The topological polar surface area (TPSA) is 71.1 Å². The van der Waals surface area contributed by atoms with Crippen LogP contribution in [0.3, 0.4) is 0 Å². The van der Waals surface area contributed by atoms with Gasteiger partial charge in [0.05, 0.1) is 12.3 Å². The van der Waals surface area contributed by atoms with Crippen molar-refractivity contribution in [3.05, 3.63) is 71.3 Å². The first kappa shape index (κ1) is 17.8. The van der Waals surface area contributed by atoms with Crippen molar-refractivity contribution in [1.82, 2.24) is 20.1 Å². The first-order valence-corrected chi connectivity index (χ1v) is 8.37. The second kappa shape index (κ2) is 7.93. The average Bonchev–Trinajstić information content (AvgIpc) is 3.02. The maximum absolute atomic E-state index is 12.8. The summed E-state index contributed by atoms with van der Waals surface area (Å²) >= 11 is 0. The molecule has 0 bridgehead atoms. The summed E-state index contributed by atoms with van der Waals surface area (Å²) in [6, 6.07) is 11.4. The van der Waals surface area contributed by atoms with E-state index < -0.39 is 0 Å². The van der Waals surface area contributed by atoms with Crippen LogP contribution in [0.25, 0.3) is 11.1 Å². The molecular formula is C20H22N4O2. The first-order valence-electron chi connectivity index (χ1n) is 8.37. The number of aromatic amines is 1. The van der Waals surface area contributed by atoms with E-state index in [1.54, 1.807) is 31.5 Å². The molecule has 2 aromatic heterocycles. The van der Waals surface area contributed by atoms with Crippen molar-refractivity contribution in [1.29, 1.82) is 0 Å². The Balaban J connectivity index is 1.85. The molecule has 0 radical (unpaired) electrons. The summed E-state index contributed by atoms with van der Waals surface area (Å²) in [5, 5.41) is 7.29. The van der Waals surface area contributed by atoms with Gasteiger partial charge in [-0.3, -0.25) is 14.9 Å². The van der Waals surface area contributed by atoms with Crippen LogP contribution in [0.1, 0.15) is 27.3 Å². The zero-order chi connectivity index (χ0) is 18.5. The van der Waals surface area contributed by atoms with Crippen molar-refractivity contribution in [3.8, 4) is 11.1 Å². The Labute approximate surface area is 152 Å². The van der Waals surface area contributed by atoms with Gasteiger partial charge in [0.2, 0.25) is 0 Å². The van der Waals surface area contributed by atoms with E-state index in [2.05, 4.69) is 15.2 Å². The summed E-state index contributed by atoms with van der Waals surface area (Å²) in [7, 11) is 3.43. The number of aromatic nitrogens is 3. The van der Waals surface area contributed by atoms with Crippen LogP contribution in [0.4, 0.5) is 0 Å². The van der Waals surface area contributed by atoms with Crippen molar-refractivity contribution in [3.63, 3.8) is 0 Å². The number of hydrogen-bond acceptors (Lipinski definition) is 4. The Morgan fingerprint density at radius 3 is 2.85 bits per heavy atom. The second-order valence-corrected chi connectivity index (χ2v) is 6.21. The van der Waals surface area contributed by atoms with Crippen LogP contribution in [-0.2, 0) is 17.9 Å². The van der Waals surface area contributed by atoms with E-state index in [1.807, 2.05) is 43.3 Å². The molecule has 0 aliphatic carbocycles. The summed E-state index contributed by atoms with van der Waals surface area (Å²) in [6.45, 7) is 2.89. The third kappa shape index (κ3) is 3.81. The number of aryl methyl sites for hydroxylation is 1. The molecule has 6 heteroatoms. The van der Waals surface area contributed by atoms with E-state index in [0.717, 1.165) is 28.1 Å². The van der Waals surface area contributed by atoms with Crippen molar-refractivity contribution < 1.29 is 9.53 Å². The molecule has 0 saturated heterocycles. The van der Waals surface area contributed by atoms with E-state index in [9.17, 15) is 4.79 Å². The molecule has 0 aliphatic heterocycles. The quantitative estimate of drug-likeness (QED) is 0.741. The lowest BCUT2D eigenvalue weighted by molar-refractivity contribution is 0.0785. The van der Waals surface area contributed by atoms with Crippen LogP contribution in [0, 0.1) is 6.92 Å². The lowest BCUT2D eigenvalue weighted by Gasteiger charge is -2.17. The summed E-state index contributed by atoms with van der Waals surface area (Å²) in [6.07, 6.45) is 3.49. The number of amides is 1. The van der Waals surface area contributed by atoms with Crippen LogP contribution in [0.15, 0.2) is 48.8 Å². The third-order valence-electron chi connectivity index (χ3n) is 4.19. The van der Waals surface area contributed by atoms with Crippen molar-refractivity contribution in [2.45, 2.75) is 20.1 Å². The van der Waals surface area contributed by atoms with Gasteiger partial charge < -0.3 is 9.64 Å². The van der Waals surface area contributed by atoms with Crippen LogP contribution < -0.4 is 0 Å². The highest BCUT2D eigenvalue weighted by Gasteiger charge is 2.16. The second-order valence-electron chi connectivity index (χ2n) is 6.21. The number of benzene rings is 1. The smallest absolute Gasteiger partial charge is 0.253 e. The summed E-state index contributed by atoms with van der Waals surface area (Å²) in [5.74, 6) is -0.0369. The Hall–Kier alpha value is -2.99. The fourth-order valence-corrected chi connectivity index (χ4v) is 2.97. The number of ether oxygens (including phenoxy) is 1. The van der Waals surface area contributed by atoms with Gasteiger partial charge in [0.25, 0.3) is 5.91 Å². The largest absolute Gasteiger partial charge is 0.378 e. The number of nitrogens with one attached hydrogen (secondary N) is 1. The number of carbonyl (C=O) groups excluding carboxylic acids is 1. The van der Waals surface area contributed by atoms with E-state index in [1.165, 1.54) is 0 Å². The predicted octanol–water partition coefficient (Wildman–Crippen LogP) is 3.20. The Morgan fingerprint density at radius 2 is 2.12 bits per heavy atom. The van der Waals surface area contributed by atoms with Crippen molar-refractivity contribution in [2.75, 3.05) is 14.2 Å². The zero-order valence-corrected chi connectivity index (χ0v) is 15.2. The van der Waals surface area contributed by atoms with Gasteiger partial charge in [0.1, 0.15) is 0 Å². The van der Waals surface area contributed by atoms with Gasteiger partial charge in [-0.05, 0) is 36.2 Å². The molecule has 26 heavy (non-hydrogen) atoms. The van der Waals surface area contributed by atoms with E-state index >= 15 is 0 Å². The SMILES string of the molecule is COCc1n[nH]c(C)c1-c1cccc(C(=O)N(C)Cc2cccnc2)c1. The van der Waals surface area contributed by atoms with Gasteiger partial charge in [0, 0.05) is 49.9 Å². The van der Waals surface area contributed by atoms with Crippen molar-refractivity contribution in [2.24, 2.45) is 0 Å². The Bertz CT molecular complexity index is 890. The molecule has 6 nitrogen and oxygen atoms in total. The molecule has 0 aliphatic rings. The van der Waals surface area contributed by atoms with Gasteiger partial charge in [-0.25, -0.2) is 0 Å². The number of nitrogens with zero attached hydrogens (tertiary/aromatic N) is 3. The maximum Gasteiger partial charge on any atom is 0.253 e. The Morgan fingerprint density at radius 1 is 1.27 bits per heavy atom. The lowest BCUT2D eigenvalue weighted by Crippen LogP contribution is -2.26. The van der Waals surface area contributed by atoms with E-state index in [-0.39, 0.29) is 5.91 Å². The number of hydrogen-bond donors (Lipinski definition) is 1. The number of H-pyrrole nitrogens is 1. The normalized spacial score (nSPS) is 10.7. The molecule has 1 N–H and O–H groups in total. The molecule has 0 saturated carbocycles. The number of rotatable bonds is 6. The van der Waals surface area contributed by atoms with Crippen LogP contribution in [0.2, 0.25) is 0 Å². The first-order chi connectivity index (χ1) is 12.6. The summed E-state index contributed by atoms with van der Waals surface area (Å²) in [5.41, 5.74) is 5.34. The molecule has 0 fully saturated rings. The predicted molar refractivity (Wildman–Crippen MR) is 99.5 cm³/mol. The standard InChI is InChI=1S/C20H22N4O2/c1-14-19(18(13-26-3)23-22-14)16-7-4-8-17(10-16)20(25)24(2)12-15-6-5-9-21-11-15/h4-11H,12-13H2,1-3H3,(H,22,23). The number of methoxy groups -OCH3 is 1. The summed E-state index contributed by atoms with van der Waals surface area (Å²) < 4.78 is 5.22. The molecule has 0 spiro atoms. The number of carbonyl (C=O) groups is 1. The van der Waals surface area contributed by atoms with E-state index in [4.69, 9.17) is 4.74 Å². The molecular weight excluding hydrogens is 328 g/mol. The Kier molecular flexibility index (Phi) is 5.43. The van der Waals surface area contributed by atoms with Crippen molar-refractivity contribution >= 4 is 5.91 Å². The van der Waals surface area contributed by atoms with E-state index in [0.29, 0.717) is 18.7 Å². The number of pyridine rings is 1. The lowest BCUT2D eigenvalue weighted by atomic mass is 10.0. The molecule has 1 amide bonds. The molecule has 0 unspecified atom stereocenters. The minimum Gasteiger partial charge on any atom is -0.378 e. The minimum atomic E-state index is -0.0369. The van der Waals surface area contributed by atoms with Gasteiger partial charge in [0.15, 0.2) is 0 Å². The molecule has 3 aromatic rings. The van der Waals surface area contributed by atoms with Crippen LogP contribution >= 0.6 is 0 Å². The van der Waals surface area contributed by atoms with Gasteiger partial charge in [-0.1, -0.05) is 18.2 Å². The highest BCUT2D eigenvalue weighted by Crippen LogP contribution is 2.27. The molecule has 134 valence electrons. The van der Waals surface area contributed by atoms with Gasteiger partial charge >= 0.3 is 0 Å². The molecule has 2 heterocycles. The molecule has 1 aromatic carbocycles. The minimum absolute atomic E-state index is 0.0369. The highest BCUT2D eigenvalue weighted by molar-refractivity contribution is 5.95. The van der Waals surface area contributed by atoms with Gasteiger partial charge in [-0.15, -0.1) is 0 Å². The molecule has 3 rings (SSSR count). The highest BCUT2D eigenvalue weighted by atomic mass is 16.5. The maximum atomic E-state index is 12.8. The third-order valence-corrected chi connectivity index (χ3v) is 4.19. The molecule has 0 atom stereocenters. The zero-order valence-electron chi connectivity index (χ0n) is 15.2. The monoisotopic (exact) mass is 350 g/mol. The van der Waals surface area contributed by atoms with Gasteiger partial charge in [-0.2, -0.15) is 5.10 Å². The fraction of sp³-hybridized carbons (Fsp3) is 0.250. The van der Waals surface area contributed by atoms with Crippen LogP contribution in [-0.4, -0.2) is 40.1 Å².